The number of nitrogens with one attached hydrogen (secondary N) is 1. The maximum Gasteiger partial charge on any atom is 0.115 e. The Kier molecular flexibility index (Phi) is 1.29. The summed E-state index contributed by atoms with van der Waals surface area (Å²) < 4.78 is 5.63. The smallest absolute Gasteiger partial charge is 0.115 e. The van der Waals surface area contributed by atoms with Gasteiger partial charge < -0.3 is 4.74 Å². The average Bonchev–Trinajstić information content (AvgIpc) is 2.02. The molecule has 3 heterocycles. The van der Waals surface area contributed by atoms with Gasteiger partial charge in [0.25, 0.3) is 0 Å². The lowest BCUT2D eigenvalue weighted by Gasteiger charge is -2.53. The molecule has 0 amide bonds. The Morgan fingerprint density at radius 3 is 2.82 bits per heavy atom. The van der Waals surface area contributed by atoms with E-state index in [2.05, 4.69) is 5.32 Å². The van der Waals surface area contributed by atoms with E-state index in [0.29, 0.717) is 12.5 Å². The van der Waals surface area contributed by atoms with Gasteiger partial charge in [-0.15, -0.1) is 0 Å². The number of ether oxygens (including phenoxy) is 1. The standard InChI is InChI=1S/C9H15NO/c1-2-4-7-6(3-1)5-8-10-9(7)11-8/h6-10H,1-5H2. The lowest BCUT2D eigenvalue weighted by Crippen LogP contribution is -2.65. The molecule has 2 nitrogen and oxygen atoms in total. The van der Waals surface area contributed by atoms with Crippen LogP contribution in [0, 0.1) is 11.8 Å². The molecule has 0 aromatic heterocycles. The zero-order chi connectivity index (χ0) is 7.26. The number of rotatable bonds is 0. The summed E-state index contributed by atoms with van der Waals surface area (Å²) in [4.78, 5) is 0. The molecule has 0 aromatic rings. The van der Waals surface area contributed by atoms with Gasteiger partial charge in [-0.1, -0.05) is 12.8 Å². The van der Waals surface area contributed by atoms with Crippen LogP contribution in [-0.4, -0.2) is 12.5 Å². The molecular formula is C9H15NO. The molecule has 1 saturated carbocycles. The molecule has 4 fully saturated rings. The molecule has 0 spiro atoms. The van der Waals surface area contributed by atoms with E-state index in [1.165, 1.54) is 32.1 Å². The lowest BCUT2D eigenvalue weighted by atomic mass is 9.72. The van der Waals surface area contributed by atoms with Crippen LogP contribution in [0.2, 0.25) is 0 Å². The summed E-state index contributed by atoms with van der Waals surface area (Å²) in [5, 5.41) is 3.46. The van der Waals surface area contributed by atoms with Gasteiger partial charge in [-0.25, -0.2) is 0 Å². The van der Waals surface area contributed by atoms with Crippen molar-refractivity contribution in [3.05, 3.63) is 0 Å². The second kappa shape index (κ2) is 2.20. The fourth-order valence-electron chi connectivity index (χ4n) is 2.92. The molecule has 62 valence electrons. The highest BCUT2D eigenvalue weighted by molar-refractivity contribution is 4.93. The molecule has 2 heteroatoms. The summed E-state index contributed by atoms with van der Waals surface area (Å²) in [6.07, 6.45) is 7.89. The highest BCUT2D eigenvalue weighted by Gasteiger charge is 2.46. The van der Waals surface area contributed by atoms with Crippen molar-refractivity contribution in [3.8, 4) is 0 Å². The van der Waals surface area contributed by atoms with Gasteiger partial charge in [0.1, 0.15) is 12.5 Å². The normalized spacial score (nSPS) is 54.5. The molecular weight excluding hydrogens is 138 g/mol. The minimum atomic E-state index is 0.430. The highest BCUT2D eigenvalue weighted by Crippen LogP contribution is 2.43. The zero-order valence-corrected chi connectivity index (χ0v) is 6.75. The van der Waals surface area contributed by atoms with E-state index in [4.69, 9.17) is 4.74 Å². The van der Waals surface area contributed by atoms with Crippen LogP contribution in [0.4, 0.5) is 0 Å². The summed E-state index contributed by atoms with van der Waals surface area (Å²) >= 11 is 0. The highest BCUT2D eigenvalue weighted by atomic mass is 16.6. The number of hydrogen-bond acceptors (Lipinski definition) is 2. The molecule has 1 aliphatic carbocycles. The third-order valence-electron chi connectivity index (χ3n) is 3.53. The summed E-state index contributed by atoms with van der Waals surface area (Å²) in [5.41, 5.74) is 0. The van der Waals surface area contributed by atoms with E-state index in [1.54, 1.807) is 0 Å². The van der Waals surface area contributed by atoms with Crippen LogP contribution < -0.4 is 5.32 Å². The van der Waals surface area contributed by atoms with E-state index in [9.17, 15) is 0 Å². The van der Waals surface area contributed by atoms with Gasteiger partial charge in [-0.3, -0.25) is 5.32 Å². The predicted molar refractivity (Wildman–Crippen MR) is 41.9 cm³/mol. The third-order valence-corrected chi connectivity index (χ3v) is 3.53. The van der Waals surface area contributed by atoms with Crippen LogP contribution in [0.15, 0.2) is 0 Å². The van der Waals surface area contributed by atoms with Gasteiger partial charge in [0.2, 0.25) is 0 Å². The fourth-order valence-corrected chi connectivity index (χ4v) is 2.92. The molecule has 0 aromatic carbocycles. The number of piperidine rings is 1. The predicted octanol–water partition coefficient (Wildman–Crippen LogP) is 1.47. The minimum absolute atomic E-state index is 0.430. The van der Waals surface area contributed by atoms with Crippen LogP contribution in [0.1, 0.15) is 32.1 Å². The first kappa shape index (κ1) is 6.44. The fraction of sp³-hybridized carbons (Fsp3) is 1.00. The first-order valence-corrected chi connectivity index (χ1v) is 4.85. The van der Waals surface area contributed by atoms with Gasteiger partial charge >= 0.3 is 0 Å². The van der Waals surface area contributed by atoms with Crippen LogP contribution in [-0.2, 0) is 4.74 Å². The van der Waals surface area contributed by atoms with Crippen molar-refractivity contribution in [1.82, 2.24) is 5.32 Å². The molecule has 4 aliphatic rings. The number of hydrogen-bond donors (Lipinski definition) is 1. The van der Waals surface area contributed by atoms with Crippen LogP contribution in [0.5, 0.6) is 0 Å². The summed E-state index contributed by atoms with van der Waals surface area (Å²) in [5.74, 6) is 1.85. The van der Waals surface area contributed by atoms with Crippen molar-refractivity contribution in [1.29, 1.82) is 0 Å². The van der Waals surface area contributed by atoms with Gasteiger partial charge in [0.15, 0.2) is 0 Å². The maximum absolute atomic E-state index is 5.63. The molecule has 11 heavy (non-hydrogen) atoms. The average molecular weight is 153 g/mol. The van der Waals surface area contributed by atoms with Crippen LogP contribution >= 0.6 is 0 Å². The van der Waals surface area contributed by atoms with Crippen molar-refractivity contribution in [2.75, 3.05) is 0 Å². The van der Waals surface area contributed by atoms with Crippen molar-refractivity contribution in [3.63, 3.8) is 0 Å². The Hall–Kier alpha value is -0.0800. The van der Waals surface area contributed by atoms with E-state index < -0.39 is 0 Å². The summed E-state index contributed by atoms with van der Waals surface area (Å²) in [6.45, 7) is 0. The van der Waals surface area contributed by atoms with E-state index in [-0.39, 0.29) is 0 Å². The van der Waals surface area contributed by atoms with Crippen LogP contribution in [0.3, 0.4) is 0 Å². The molecule has 4 rings (SSSR count). The Labute approximate surface area is 67.3 Å². The lowest BCUT2D eigenvalue weighted by molar-refractivity contribution is -0.244. The first-order chi connectivity index (χ1) is 5.43. The van der Waals surface area contributed by atoms with Crippen molar-refractivity contribution in [2.24, 2.45) is 11.8 Å². The second-order valence-electron chi connectivity index (χ2n) is 4.16. The molecule has 4 atom stereocenters. The van der Waals surface area contributed by atoms with E-state index in [0.717, 1.165) is 11.8 Å². The van der Waals surface area contributed by atoms with Crippen LogP contribution in [0.25, 0.3) is 0 Å². The molecule has 1 N–H and O–H groups in total. The van der Waals surface area contributed by atoms with Gasteiger partial charge in [0, 0.05) is 5.92 Å². The summed E-state index contributed by atoms with van der Waals surface area (Å²) in [6, 6.07) is 0. The van der Waals surface area contributed by atoms with E-state index in [1.807, 2.05) is 0 Å². The minimum Gasteiger partial charge on any atom is -0.345 e. The zero-order valence-electron chi connectivity index (χ0n) is 6.75. The Bertz CT molecular complexity index is 165. The second-order valence-corrected chi connectivity index (χ2v) is 4.16. The first-order valence-electron chi connectivity index (χ1n) is 4.85. The van der Waals surface area contributed by atoms with Gasteiger partial charge in [-0.05, 0) is 25.2 Å². The third kappa shape index (κ3) is 0.859. The monoisotopic (exact) mass is 153 g/mol. The molecule has 4 unspecified atom stereocenters. The van der Waals surface area contributed by atoms with Gasteiger partial charge in [0.05, 0.1) is 0 Å². The van der Waals surface area contributed by atoms with Crippen molar-refractivity contribution < 1.29 is 4.74 Å². The van der Waals surface area contributed by atoms with E-state index >= 15 is 0 Å². The summed E-state index contributed by atoms with van der Waals surface area (Å²) in [7, 11) is 0. The molecule has 0 radical (unpaired) electrons. The Morgan fingerprint density at radius 2 is 2.00 bits per heavy atom. The Morgan fingerprint density at radius 1 is 1.18 bits per heavy atom. The molecule has 2 bridgehead atoms. The van der Waals surface area contributed by atoms with Crippen molar-refractivity contribution >= 4 is 0 Å². The quantitative estimate of drug-likeness (QED) is 0.569. The molecule has 3 aliphatic heterocycles. The Balaban J connectivity index is 1.77. The maximum atomic E-state index is 5.63. The largest absolute Gasteiger partial charge is 0.345 e. The SMILES string of the molecule is C1CCC2C(C1)CC1NC2O1. The molecule has 3 saturated heterocycles. The van der Waals surface area contributed by atoms with Gasteiger partial charge in [-0.2, -0.15) is 0 Å². The van der Waals surface area contributed by atoms with Crippen molar-refractivity contribution in [2.45, 2.75) is 44.6 Å². The topological polar surface area (TPSA) is 21.3 Å².